The third-order valence-electron chi connectivity index (χ3n) is 3.64. The van der Waals surface area contributed by atoms with Gasteiger partial charge in [-0.1, -0.05) is 69.3 Å². The van der Waals surface area contributed by atoms with Gasteiger partial charge < -0.3 is 0 Å². The zero-order chi connectivity index (χ0) is 17.6. The van der Waals surface area contributed by atoms with Gasteiger partial charge in [-0.15, -0.1) is 0 Å². The Balaban J connectivity index is 1.96. The smallest absolute Gasteiger partial charge is 0.267 e. The number of carbonyl (C=O) groups is 1. The predicted octanol–water partition coefficient (Wildman–Crippen LogP) is 4.80. The lowest BCUT2D eigenvalue weighted by molar-refractivity contribution is 0.0955. The molecule has 0 saturated heterocycles. The number of hydrogen-bond acceptors (Lipinski definition) is 2. The second-order valence-electron chi connectivity index (χ2n) is 6.83. The maximum atomic E-state index is 12.1. The summed E-state index contributed by atoms with van der Waals surface area (Å²) in [6.45, 7) is 8.39. The van der Waals surface area contributed by atoms with Crippen LogP contribution >= 0.6 is 0 Å². The van der Waals surface area contributed by atoms with Crippen LogP contribution in [0.2, 0.25) is 0 Å². The maximum Gasteiger partial charge on any atom is 0.271 e. The van der Waals surface area contributed by atoms with Crippen LogP contribution in [0.25, 0.3) is 6.08 Å². The highest BCUT2D eigenvalue weighted by molar-refractivity contribution is 5.95. The minimum Gasteiger partial charge on any atom is -0.267 e. The van der Waals surface area contributed by atoms with Crippen molar-refractivity contribution < 1.29 is 4.79 Å². The van der Waals surface area contributed by atoms with Gasteiger partial charge in [-0.3, -0.25) is 4.79 Å². The molecule has 3 nitrogen and oxygen atoms in total. The van der Waals surface area contributed by atoms with Crippen molar-refractivity contribution in [2.45, 2.75) is 33.1 Å². The fraction of sp³-hybridized carbons (Fsp3) is 0.238. The predicted molar refractivity (Wildman–Crippen MR) is 101 cm³/mol. The molecule has 0 saturated carbocycles. The molecule has 2 rings (SSSR count). The van der Waals surface area contributed by atoms with Crippen LogP contribution in [0.1, 0.15) is 49.2 Å². The van der Waals surface area contributed by atoms with Gasteiger partial charge in [0, 0.05) is 5.56 Å². The third kappa shape index (κ3) is 5.20. The molecule has 1 amide bonds. The van der Waals surface area contributed by atoms with Crippen molar-refractivity contribution in [3.05, 3.63) is 76.9 Å². The molecule has 24 heavy (non-hydrogen) atoms. The van der Waals surface area contributed by atoms with Crippen LogP contribution in [0.3, 0.4) is 0 Å². The fourth-order valence-electron chi connectivity index (χ4n) is 2.23. The Hall–Kier alpha value is -2.68. The van der Waals surface area contributed by atoms with E-state index >= 15 is 0 Å². The summed E-state index contributed by atoms with van der Waals surface area (Å²) >= 11 is 0. The number of carbonyl (C=O) groups excluding carboxylic acids is 1. The van der Waals surface area contributed by atoms with Crippen molar-refractivity contribution in [1.29, 1.82) is 0 Å². The Morgan fingerprint density at radius 2 is 1.62 bits per heavy atom. The van der Waals surface area contributed by atoms with Crippen molar-refractivity contribution in [1.82, 2.24) is 5.43 Å². The van der Waals surface area contributed by atoms with Gasteiger partial charge in [-0.25, -0.2) is 5.43 Å². The van der Waals surface area contributed by atoms with Crippen LogP contribution in [0.15, 0.2) is 65.3 Å². The van der Waals surface area contributed by atoms with Crippen molar-refractivity contribution in [2.24, 2.45) is 5.10 Å². The van der Waals surface area contributed by atoms with Crippen molar-refractivity contribution in [3.8, 4) is 0 Å². The van der Waals surface area contributed by atoms with Crippen molar-refractivity contribution >= 4 is 18.2 Å². The van der Waals surface area contributed by atoms with Gasteiger partial charge in [0.1, 0.15) is 0 Å². The van der Waals surface area contributed by atoms with Crippen LogP contribution in [-0.4, -0.2) is 12.1 Å². The van der Waals surface area contributed by atoms with E-state index in [0.29, 0.717) is 5.56 Å². The van der Waals surface area contributed by atoms with E-state index in [-0.39, 0.29) is 11.3 Å². The lowest BCUT2D eigenvalue weighted by Gasteiger charge is -2.18. The molecule has 0 bridgehead atoms. The average molecular weight is 320 g/mol. The van der Waals surface area contributed by atoms with E-state index in [1.807, 2.05) is 67.6 Å². The minimum absolute atomic E-state index is 0.0759. The van der Waals surface area contributed by atoms with Crippen molar-refractivity contribution in [3.63, 3.8) is 0 Å². The Morgan fingerprint density at radius 3 is 2.21 bits per heavy atom. The van der Waals surface area contributed by atoms with Crippen LogP contribution in [-0.2, 0) is 5.41 Å². The number of hydrogen-bond donors (Lipinski definition) is 1. The number of rotatable bonds is 4. The maximum absolute atomic E-state index is 12.1. The summed E-state index contributed by atoms with van der Waals surface area (Å²) in [5, 5.41) is 4.02. The fourth-order valence-corrected chi connectivity index (χ4v) is 2.23. The highest BCUT2D eigenvalue weighted by Gasteiger charge is 2.14. The molecule has 2 aromatic rings. The molecule has 3 heteroatoms. The average Bonchev–Trinajstić information content (AvgIpc) is 2.55. The molecule has 124 valence electrons. The Bertz CT molecular complexity index is 736. The number of hydrazone groups is 1. The molecule has 0 fully saturated rings. The second kappa shape index (κ2) is 7.73. The Morgan fingerprint density at radius 1 is 1.00 bits per heavy atom. The van der Waals surface area contributed by atoms with E-state index in [2.05, 4.69) is 31.3 Å². The number of nitrogens with zero attached hydrogens (tertiary/aromatic N) is 1. The summed E-state index contributed by atoms with van der Waals surface area (Å²) in [6, 6.07) is 17.6. The van der Waals surface area contributed by atoms with Gasteiger partial charge in [0.05, 0.1) is 6.21 Å². The summed E-state index contributed by atoms with van der Waals surface area (Å²) in [6.07, 6.45) is 3.65. The van der Waals surface area contributed by atoms with Gasteiger partial charge in [0.15, 0.2) is 0 Å². The summed E-state index contributed by atoms with van der Waals surface area (Å²) in [7, 11) is 0. The molecule has 0 unspecified atom stereocenters. The molecule has 0 aromatic heterocycles. The normalized spacial score (nSPS) is 12.4. The first-order valence-electron chi connectivity index (χ1n) is 8.03. The van der Waals surface area contributed by atoms with Gasteiger partial charge in [-0.05, 0) is 41.2 Å². The van der Waals surface area contributed by atoms with E-state index < -0.39 is 0 Å². The van der Waals surface area contributed by atoms with Gasteiger partial charge in [0.25, 0.3) is 5.91 Å². The zero-order valence-electron chi connectivity index (χ0n) is 14.7. The van der Waals surface area contributed by atoms with Gasteiger partial charge in [0.2, 0.25) is 0 Å². The summed E-state index contributed by atoms with van der Waals surface area (Å²) in [5.41, 5.74) is 6.50. The first-order valence-corrected chi connectivity index (χ1v) is 8.03. The van der Waals surface area contributed by atoms with E-state index in [1.165, 1.54) is 5.56 Å². The van der Waals surface area contributed by atoms with Gasteiger partial charge in [-0.2, -0.15) is 5.10 Å². The standard InChI is InChI=1S/C21H24N2O/c1-16(14-17-8-6-5-7-9-17)15-22-23-20(24)18-10-12-19(13-11-18)21(2,3)4/h5-15H,1-4H3,(H,23,24)/b16-14-,22-15-. The Kier molecular flexibility index (Phi) is 5.69. The molecule has 0 aliphatic heterocycles. The first kappa shape index (κ1) is 17.7. The van der Waals surface area contributed by atoms with E-state index in [1.54, 1.807) is 6.21 Å². The lowest BCUT2D eigenvalue weighted by atomic mass is 9.87. The number of amides is 1. The molecule has 0 atom stereocenters. The first-order chi connectivity index (χ1) is 11.4. The van der Waals surface area contributed by atoms with Crippen LogP contribution < -0.4 is 5.43 Å². The van der Waals surface area contributed by atoms with E-state index in [4.69, 9.17) is 0 Å². The lowest BCUT2D eigenvalue weighted by Crippen LogP contribution is -2.18. The largest absolute Gasteiger partial charge is 0.271 e. The quantitative estimate of drug-likeness (QED) is 0.638. The summed E-state index contributed by atoms with van der Waals surface area (Å²) in [4.78, 5) is 12.1. The summed E-state index contributed by atoms with van der Waals surface area (Å²) < 4.78 is 0. The van der Waals surface area contributed by atoms with Crippen LogP contribution in [0.4, 0.5) is 0 Å². The second-order valence-corrected chi connectivity index (χ2v) is 6.83. The molecule has 0 aliphatic rings. The molecule has 0 heterocycles. The zero-order valence-corrected chi connectivity index (χ0v) is 14.7. The monoisotopic (exact) mass is 320 g/mol. The SMILES string of the molecule is CC(/C=N\NC(=O)c1ccc(C(C)(C)C)cc1)=C/c1ccccc1. The highest BCUT2D eigenvalue weighted by Crippen LogP contribution is 2.22. The summed E-state index contributed by atoms with van der Waals surface area (Å²) in [5.74, 6) is -0.209. The van der Waals surface area contributed by atoms with Crippen molar-refractivity contribution in [2.75, 3.05) is 0 Å². The topological polar surface area (TPSA) is 41.5 Å². The molecule has 0 aliphatic carbocycles. The number of nitrogens with one attached hydrogen (secondary N) is 1. The molecule has 0 spiro atoms. The molecule has 0 radical (unpaired) electrons. The Labute approximate surface area is 144 Å². The third-order valence-corrected chi connectivity index (χ3v) is 3.64. The highest BCUT2D eigenvalue weighted by atomic mass is 16.2. The number of allylic oxidation sites excluding steroid dienone is 1. The van der Waals surface area contributed by atoms with E-state index in [0.717, 1.165) is 11.1 Å². The number of benzene rings is 2. The molecular formula is C21H24N2O. The molecular weight excluding hydrogens is 296 g/mol. The van der Waals surface area contributed by atoms with E-state index in [9.17, 15) is 4.79 Å². The van der Waals surface area contributed by atoms with Gasteiger partial charge >= 0.3 is 0 Å². The molecule has 1 N–H and O–H groups in total. The van der Waals surface area contributed by atoms with Crippen LogP contribution in [0.5, 0.6) is 0 Å². The molecule has 2 aromatic carbocycles. The van der Waals surface area contributed by atoms with Crippen LogP contribution in [0, 0.1) is 0 Å². The minimum atomic E-state index is -0.209.